The minimum atomic E-state index is -0.393. The van der Waals surface area contributed by atoms with Crippen molar-refractivity contribution in [2.24, 2.45) is 0 Å². The molecule has 0 aliphatic heterocycles. The van der Waals surface area contributed by atoms with Crippen LogP contribution in [0.3, 0.4) is 0 Å². The molecule has 1 heterocycles. The summed E-state index contributed by atoms with van der Waals surface area (Å²) in [6.07, 6.45) is 1.34. The van der Waals surface area contributed by atoms with Crippen molar-refractivity contribution in [1.82, 2.24) is 14.8 Å². The van der Waals surface area contributed by atoms with Gasteiger partial charge in [0, 0.05) is 11.6 Å². The van der Waals surface area contributed by atoms with Crippen LogP contribution in [0.5, 0.6) is 5.75 Å². The van der Waals surface area contributed by atoms with Crippen LogP contribution in [-0.4, -0.2) is 26.4 Å². The van der Waals surface area contributed by atoms with Crippen LogP contribution in [0.25, 0.3) is 0 Å². The van der Waals surface area contributed by atoms with Crippen molar-refractivity contribution >= 4 is 69.8 Å². The summed E-state index contributed by atoms with van der Waals surface area (Å²) < 4.78 is 7.94. The number of carbonyl (C=O) groups excluding carboxylic acids is 1. The first kappa shape index (κ1) is 25.7. The smallest absolute Gasteiger partial charge is 0.234 e. The summed E-state index contributed by atoms with van der Waals surface area (Å²) in [6.45, 7) is 8.06. The molecule has 1 N–H and O–H groups in total. The van der Waals surface area contributed by atoms with Gasteiger partial charge in [-0.3, -0.25) is 9.36 Å². The fourth-order valence-corrected chi connectivity index (χ4v) is 4.51. The second kappa shape index (κ2) is 11.5. The zero-order valence-corrected chi connectivity index (χ0v) is 21.6. The summed E-state index contributed by atoms with van der Waals surface area (Å²) in [5.41, 5.74) is 1.29. The number of amides is 1. The Hall–Kier alpha value is -1.90. The summed E-state index contributed by atoms with van der Waals surface area (Å²) in [5.74, 6) is 1.11. The van der Waals surface area contributed by atoms with Crippen LogP contribution in [0.2, 0.25) is 20.1 Å². The molecule has 0 bridgehead atoms. The highest BCUT2D eigenvalue weighted by atomic mass is 35.5. The Bertz CT molecular complexity index is 1190. The normalized spacial score (nSPS) is 11.8. The van der Waals surface area contributed by atoms with Crippen molar-refractivity contribution in [3.8, 4) is 5.75 Å². The third kappa shape index (κ3) is 6.58. The second-order valence-electron chi connectivity index (χ2n) is 6.99. The van der Waals surface area contributed by atoms with E-state index in [-0.39, 0.29) is 11.7 Å². The quantitative estimate of drug-likeness (QED) is 0.174. The molecule has 1 amide bonds. The molecule has 6 nitrogen and oxygen atoms in total. The molecular formula is C22H20Cl4N4O2S. The van der Waals surface area contributed by atoms with Crippen molar-refractivity contribution < 1.29 is 9.53 Å². The lowest BCUT2D eigenvalue weighted by Gasteiger charge is -2.17. The highest BCUT2D eigenvalue weighted by molar-refractivity contribution is 7.99. The van der Waals surface area contributed by atoms with Gasteiger partial charge in [-0.05, 0) is 49.7 Å². The molecule has 0 aliphatic carbocycles. The molecule has 0 saturated heterocycles. The van der Waals surface area contributed by atoms with Crippen LogP contribution in [-0.2, 0) is 11.3 Å². The van der Waals surface area contributed by atoms with E-state index in [1.54, 1.807) is 12.1 Å². The van der Waals surface area contributed by atoms with Crippen molar-refractivity contribution in [2.45, 2.75) is 31.7 Å². The third-order valence-corrected chi connectivity index (χ3v) is 6.71. The van der Waals surface area contributed by atoms with E-state index in [2.05, 4.69) is 22.1 Å². The van der Waals surface area contributed by atoms with Crippen LogP contribution in [0.15, 0.2) is 48.1 Å². The molecule has 1 atom stereocenters. The Labute approximate surface area is 216 Å². The molecule has 0 saturated carbocycles. The molecule has 174 valence electrons. The summed E-state index contributed by atoms with van der Waals surface area (Å²) in [4.78, 5) is 12.5. The molecule has 11 heteroatoms. The maximum absolute atomic E-state index is 12.5. The first-order chi connectivity index (χ1) is 15.7. The first-order valence-electron chi connectivity index (χ1n) is 9.73. The summed E-state index contributed by atoms with van der Waals surface area (Å²) in [5, 5.41) is 13.3. The van der Waals surface area contributed by atoms with E-state index in [0.717, 1.165) is 5.56 Å². The average Bonchev–Trinajstić information content (AvgIpc) is 3.15. The van der Waals surface area contributed by atoms with Gasteiger partial charge in [0.25, 0.3) is 0 Å². The molecule has 0 radical (unpaired) electrons. The van der Waals surface area contributed by atoms with Gasteiger partial charge in [-0.1, -0.05) is 64.2 Å². The lowest BCUT2D eigenvalue weighted by atomic mass is 10.2. The number of nitrogens with one attached hydrogen (secondary N) is 1. The van der Waals surface area contributed by atoms with Gasteiger partial charge in [0.15, 0.2) is 17.1 Å². The highest BCUT2D eigenvalue weighted by Crippen LogP contribution is 2.33. The number of aryl methyl sites for hydroxylation is 1. The van der Waals surface area contributed by atoms with Gasteiger partial charge >= 0.3 is 0 Å². The lowest BCUT2D eigenvalue weighted by molar-refractivity contribution is -0.113. The predicted octanol–water partition coefficient (Wildman–Crippen LogP) is 7.26. The van der Waals surface area contributed by atoms with E-state index in [0.29, 0.717) is 49.1 Å². The number of hydrogen-bond donors (Lipinski definition) is 1. The summed E-state index contributed by atoms with van der Waals surface area (Å²) >= 11 is 25.3. The number of halogens is 4. The molecule has 33 heavy (non-hydrogen) atoms. The maximum atomic E-state index is 12.5. The second-order valence-corrected chi connectivity index (χ2v) is 9.59. The zero-order chi connectivity index (χ0) is 24.1. The van der Waals surface area contributed by atoms with Crippen molar-refractivity contribution in [3.63, 3.8) is 0 Å². The number of ether oxygens (including phenoxy) is 1. The predicted molar refractivity (Wildman–Crippen MR) is 136 cm³/mol. The van der Waals surface area contributed by atoms with Crippen LogP contribution in [0.1, 0.15) is 24.4 Å². The SMILES string of the molecule is C=CCn1c(SCC(=O)Nc2cc(Cl)c(Cl)cc2Cl)nnc1C(C)Oc1ccc(Cl)cc1C. The number of hydrogen-bond acceptors (Lipinski definition) is 5. The molecule has 1 aromatic heterocycles. The van der Waals surface area contributed by atoms with Gasteiger partial charge in [-0.2, -0.15) is 0 Å². The standard InChI is InChI=1S/C22H20Cl4N4O2S/c1-4-7-30-21(13(3)32-19-6-5-14(23)8-12(19)2)28-29-22(30)33-11-20(31)27-18-10-16(25)15(24)9-17(18)26/h4-6,8-10,13H,1,7,11H2,2-3H3,(H,27,31). The first-order valence-corrected chi connectivity index (χ1v) is 12.2. The van der Waals surface area contributed by atoms with E-state index < -0.39 is 6.10 Å². The number of anilines is 1. The van der Waals surface area contributed by atoms with Crippen LogP contribution < -0.4 is 10.1 Å². The summed E-state index contributed by atoms with van der Waals surface area (Å²) in [7, 11) is 0. The van der Waals surface area contributed by atoms with E-state index in [1.165, 1.54) is 23.9 Å². The number of rotatable bonds is 9. The Kier molecular flexibility index (Phi) is 8.95. The van der Waals surface area contributed by atoms with Gasteiger partial charge in [0.05, 0.1) is 26.5 Å². The highest BCUT2D eigenvalue weighted by Gasteiger charge is 2.20. The van der Waals surface area contributed by atoms with E-state index >= 15 is 0 Å². The number of allylic oxidation sites excluding steroid dienone is 1. The van der Waals surface area contributed by atoms with E-state index in [9.17, 15) is 4.79 Å². The average molecular weight is 546 g/mol. The third-order valence-electron chi connectivity index (χ3n) is 4.48. The molecule has 3 aromatic rings. The molecule has 3 rings (SSSR count). The van der Waals surface area contributed by atoms with Gasteiger partial charge < -0.3 is 10.1 Å². The number of thioether (sulfide) groups is 1. The Balaban J connectivity index is 1.70. The largest absolute Gasteiger partial charge is 0.482 e. The maximum Gasteiger partial charge on any atom is 0.234 e. The van der Waals surface area contributed by atoms with E-state index in [1.807, 2.05) is 30.5 Å². The minimum absolute atomic E-state index is 0.0807. The molecule has 0 fully saturated rings. The van der Waals surface area contributed by atoms with Crippen LogP contribution >= 0.6 is 58.2 Å². The number of nitrogens with zero attached hydrogens (tertiary/aromatic N) is 3. The number of benzene rings is 2. The van der Waals surface area contributed by atoms with Gasteiger partial charge in [0.1, 0.15) is 5.75 Å². The van der Waals surface area contributed by atoms with Gasteiger partial charge in [-0.25, -0.2) is 0 Å². The molecular weight excluding hydrogens is 526 g/mol. The van der Waals surface area contributed by atoms with Crippen molar-refractivity contribution in [2.75, 3.05) is 11.1 Å². The Morgan fingerprint density at radius 3 is 2.61 bits per heavy atom. The molecule has 1 unspecified atom stereocenters. The molecule has 2 aromatic carbocycles. The fraction of sp³-hybridized carbons (Fsp3) is 0.227. The summed E-state index contributed by atoms with van der Waals surface area (Å²) in [6, 6.07) is 8.40. The molecule has 0 aliphatic rings. The topological polar surface area (TPSA) is 69.0 Å². The zero-order valence-electron chi connectivity index (χ0n) is 17.7. The number of aromatic nitrogens is 3. The minimum Gasteiger partial charge on any atom is -0.482 e. The van der Waals surface area contributed by atoms with Crippen molar-refractivity contribution in [1.29, 1.82) is 0 Å². The van der Waals surface area contributed by atoms with Crippen LogP contribution in [0, 0.1) is 6.92 Å². The lowest BCUT2D eigenvalue weighted by Crippen LogP contribution is -2.16. The van der Waals surface area contributed by atoms with Gasteiger partial charge in [0.2, 0.25) is 5.91 Å². The van der Waals surface area contributed by atoms with Crippen LogP contribution in [0.4, 0.5) is 5.69 Å². The molecule has 0 spiro atoms. The van der Waals surface area contributed by atoms with E-state index in [4.69, 9.17) is 51.1 Å². The van der Waals surface area contributed by atoms with Crippen molar-refractivity contribution in [3.05, 3.63) is 74.5 Å². The monoisotopic (exact) mass is 544 g/mol. The van der Waals surface area contributed by atoms with Gasteiger partial charge in [-0.15, -0.1) is 16.8 Å². The Morgan fingerprint density at radius 1 is 1.18 bits per heavy atom. The Morgan fingerprint density at radius 2 is 1.91 bits per heavy atom. The number of carbonyl (C=O) groups is 1. The fourth-order valence-electron chi connectivity index (χ4n) is 2.93.